The number of carbonyl (C=O) groups is 1. The maximum Gasteiger partial charge on any atom is 0.291 e. The van der Waals surface area contributed by atoms with Gasteiger partial charge in [0.2, 0.25) is 5.82 Å². The Bertz CT molecular complexity index is 960. The van der Waals surface area contributed by atoms with E-state index in [9.17, 15) is 4.79 Å². The number of aromatic nitrogens is 4. The molecule has 0 atom stereocenters. The van der Waals surface area contributed by atoms with Gasteiger partial charge < -0.3 is 14.8 Å². The predicted molar refractivity (Wildman–Crippen MR) is 93.1 cm³/mol. The Hall–Kier alpha value is -2.10. The smallest absolute Gasteiger partial charge is 0.291 e. The molecule has 9 heteroatoms. The molecule has 3 aromatic rings. The fourth-order valence-electron chi connectivity index (χ4n) is 3.21. The summed E-state index contributed by atoms with van der Waals surface area (Å²) in [6.07, 6.45) is 2.79. The quantitative estimate of drug-likeness (QED) is 0.693. The number of methoxy groups -OCH3 is 2. The number of hydrogen-bond donors (Lipinski definition) is 1. The van der Waals surface area contributed by atoms with E-state index in [1.807, 2.05) is 6.92 Å². The van der Waals surface area contributed by atoms with Crippen LogP contribution in [-0.2, 0) is 22.3 Å². The molecular weight excluding hydrogens is 342 g/mol. The third-order valence-electron chi connectivity index (χ3n) is 4.46. The zero-order chi connectivity index (χ0) is 17.6. The van der Waals surface area contributed by atoms with Gasteiger partial charge in [-0.05, 0) is 31.7 Å². The third-order valence-corrected chi connectivity index (χ3v) is 5.65. The van der Waals surface area contributed by atoms with Gasteiger partial charge in [0.15, 0.2) is 11.9 Å². The van der Waals surface area contributed by atoms with Gasteiger partial charge in [-0.1, -0.05) is 0 Å². The lowest BCUT2D eigenvalue weighted by molar-refractivity contribution is -0.0974. The van der Waals surface area contributed by atoms with Gasteiger partial charge in [-0.2, -0.15) is 4.52 Å². The fourth-order valence-corrected chi connectivity index (χ4v) is 4.51. The summed E-state index contributed by atoms with van der Waals surface area (Å²) >= 11 is 1.73. The van der Waals surface area contributed by atoms with Gasteiger partial charge in [-0.25, -0.2) is 9.97 Å². The van der Waals surface area contributed by atoms with Crippen molar-refractivity contribution < 1.29 is 14.3 Å². The topological polar surface area (TPSA) is 90.6 Å². The number of nitrogens with zero attached hydrogens (tertiary/aromatic N) is 4. The summed E-state index contributed by atoms with van der Waals surface area (Å²) in [4.78, 5) is 23.9. The number of fused-ring (bicyclic) bond motifs is 5. The van der Waals surface area contributed by atoms with E-state index < -0.39 is 6.29 Å². The van der Waals surface area contributed by atoms with Crippen LogP contribution in [0.1, 0.15) is 33.3 Å². The number of ether oxygens (including phenoxy) is 2. The minimum Gasteiger partial charge on any atom is -0.354 e. The summed E-state index contributed by atoms with van der Waals surface area (Å²) in [5.41, 5.74) is 2.03. The second-order valence-corrected chi connectivity index (χ2v) is 7.06. The van der Waals surface area contributed by atoms with E-state index in [2.05, 4.69) is 20.4 Å². The minimum atomic E-state index is -0.503. The highest BCUT2D eigenvalue weighted by Gasteiger charge is 2.24. The van der Waals surface area contributed by atoms with Crippen LogP contribution in [0, 0.1) is 6.92 Å². The Kier molecular flexibility index (Phi) is 4.14. The average Bonchev–Trinajstić information content (AvgIpc) is 3.29. The maximum atomic E-state index is 12.4. The number of rotatable bonds is 5. The van der Waals surface area contributed by atoms with E-state index in [0.717, 1.165) is 35.3 Å². The number of nitrogens with one attached hydrogen (secondary N) is 1. The van der Waals surface area contributed by atoms with E-state index in [1.165, 1.54) is 24.7 Å². The standard InChI is InChI=1S/C16H19N5O3S/c1-8-18-16-12(9-5-4-6-10(9)25-16)14-19-13(20-21(8)14)15(22)17-7-11(23-2)24-3/h11H,4-7H2,1-3H3,(H,17,22). The molecule has 1 amide bonds. The van der Waals surface area contributed by atoms with Crippen LogP contribution in [-0.4, -0.2) is 52.5 Å². The van der Waals surface area contributed by atoms with Crippen LogP contribution < -0.4 is 5.32 Å². The Morgan fingerprint density at radius 3 is 2.88 bits per heavy atom. The number of thiophene rings is 1. The zero-order valence-electron chi connectivity index (χ0n) is 14.3. The second kappa shape index (κ2) is 6.32. The molecule has 8 nitrogen and oxygen atoms in total. The van der Waals surface area contributed by atoms with Crippen LogP contribution in [0.5, 0.6) is 0 Å². The first-order valence-corrected chi connectivity index (χ1v) is 8.95. The fraction of sp³-hybridized carbons (Fsp3) is 0.500. The van der Waals surface area contributed by atoms with Crippen molar-refractivity contribution in [2.45, 2.75) is 32.5 Å². The normalized spacial score (nSPS) is 13.9. The van der Waals surface area contributed by atoms with Crippen LogP contribution in [0.25, 0.3) is 15.9 Å². The lowest BCUT2D eigenvalue weighted by atomic mass is 10.2. The van der Waals surface area contributed by atoms with Crippen molar-refractivity contribution in [3.63, 3.8) is 0 Å². The van der Waals surface area contributed by atoms with Crippen LogP contribution in [0.3, 0.4) is 0 Å². The summed E-state index contributed by atoms with van der Waals surface area (Å²) in [6.45, 7) is 2.10. The summed E-state index contributed by atoms with van der Waals surface area (Å²) in [5, 5.41) is 8.12. The van der Waals surface area contributed by atoms with Crippen molar-refractivity contribution >= 4 is 33.1 Å². The molecule has 3 aromatic heterocycles. The second-order valence-electron chi connectivity index (χ2n) is 5.98. The van der Waals surface area contributed by atoms with Crippen molar-refractivity contribution in [1.82, 2.24) is 24.9 Å². The number of hydrogen-bond acceptors (Lipinski definition) is 7. The van der Waals surface area contributed by atoms with Crippen LogP contribution in [0.2, 0.25) is 0 Å². The highest BCUT2D eigenvalue weighted by Crippen LogP contribution is 2.38. The first kappa shape index (κ1) is 16.4. The predicted octanol–water partition coefficient (Wildman–Crippen LogP) is 1.48. The van der Waals surface area contributed by atoms with E-state index in [1.54, 1.807) is 15.9 Å². The van der Waals surface area contributed by atoms with Gasteiger partial charge in [0, 0.05) is 19.1 Å². The van der Waals surface area contributed by atoms with E-state index in [4.69, 9.17) is 9.47 Å². The SMILES string of the molecule is COC(CNC(=O)c1nc2c3c4c(sc3nc(C)n2n1)CCC4)OC. The minimum absolute atomic E-state index is 0.126. The maximum absolute atomic E-state index is 12.4. The van der Waals surface area contributed by atoms with Crippen molar-refractivity contribution in [2.75, 3.05) is 20.8 Å². The molecule has 0 bridgehead atoms. The molecule has 132 valence electrons. The average molecular weight is 361 g/mol. The number of amides is 1. The van der Waals surface area contributed by atoms with E-state index in [0.29, 0.717) is 5.65 Å². The molecule has 0 aliphatic heterocycles. The number of carbonyl (C=O) groups excluding carboxylic acids is 1. The van der Waals surface area contributed by atoms with Gasteiger partial charge in [0.1, 0.15) is 10.7 Å². The van der Waals surface area contributed by atoms with Gasteiger partial charge in [0.25, 0.3) is 5.91 Å². The van der Waals surface area contributed by atoms with Gasteiger partial charge in [-0.3, -0.25) is 4.79 Å². The van der Waals surface area contributed by atoms with Gasteiger partial charge in [0.05, 0.1) is 11.9 Å². The molecule has 0 radical (unpaired) electrons. The molecule has 0 spiro atoms. The van der Waals surface area contributed by atoms with Crippen molar-refractivity contribution in [1.29, 1.82) is 0 Å². The van der Waals surface area contributed by atoms with Gasteiger partial charge in [-0.15, -0.1) is 16.4 Å². The largest absolute Gasteiger partial charge is 0.354 e. The van der Waals surface area contributed by atoms with Crippen molar-refractivity contribution in [3.8, 4) is 0 Å². The van der Waals surface area contributed by atoms with E-state index >= 15 is 0 Å². The van der Waals surface area contributed by atoms with E-state index in [-0.39, 0.29) is 18.3 Å². The summed E-state index contributed by atoms with van der Waals surface area (Å²) in [6, 6.07) is 0. The number of aryl methyl sites for hydroxylation is 3. The zero-order valence-corrected chi connectivity index (χ0v) is 15.1. The molecule has 0 saturated carbocycles. The first-order valence-electron chi connectivity index (χ1n) is 8.13. The molecule has 0 saturated heterocycles. The third kappa shape index (κ3) is 2.68. The van der Waals surface area contributed by atoms with Crippen LogP contribution in [0.4, 0.5) is 0 Å². The Balaban J connectivity index is 1.73. The first-order chi connectivity index (χ1) is 12.1. The molecule has 25 heavy (non-hydrogen) atoms. The molecule has 1 aliphatic rings. The Morgan fingerprint density at radius 1 is 1.32 bits per heavy atom. The molecule has 4 rings (SSSR count). The molecule has 0 unspecified atom stereocenters. The van der Waals surface area contributed by atoms with Crippen molar-refractivity contribution in [2.24, 2.45) is 0 Å². The molecule has 1 aliphatic carbocycles. The Morgan fingerprint density at radius 2 is 2.12 bits per heavy atom. The highest BCUT2D eigenvalue weighted by molar-refractivity contribution is 7.19. The van der Waals surface area contributed by atoms with Crippen molar-refractivity contribution in [3.05, 3.63) is 22.1 Å². The molecule has 0 fully saturated rings. The molecule has 3 heterocycles. The monoisotopic (exact) mass is 361 g/mol. The lowest BCUT2D eigenvalue weighted by Crippen LogP contribution is -2.34. The summed E-state index contributed by atoms with van der Waals surface area (Å²) < 4.78 is 11.8. The molecule has 1 N–H and O–H groups in total. The Labute approximate surface area is 148 Å². The highest BCUT2D eigenvalue weighted by atomic mass is 32.1. The van der Waals surface area contributed by atoms with Crippen LogP contribution >= 0.6 is 11.3 Å². The summed E-state index contributed by atoms with van der Waals surface area (Å²) in [7, 11) is 3.04. The lowest BCUT2D eigenvalue weighted by Gasteiger charge is -2.12. The molecule has 0 aromatic carbocycles. The molecular formula is C16H19N5O3S. The van der Waals surface area contributed by atoms with Crippen LogP contribution in [0.15, 0.2) is 0 Å². The summed E-state index contributed by atoms with van der Waals surface area (Å²) in [5.74, 6) is 0.490. The van der Waals surface area contributed by atoms with Gasteiger partial charge >= 0.3 is 0 Å².